The van der Waals surface area contributed by atoms with Crippen LogP contribution in [0.3, 0.4) is 0 Å². The van der Waals surface area contributed by atoms with E-state index in [1.165, 1.54) is 18.2 Å². The smallest absolute Gasteiger partial charge is 0.416 e. The van der Waals surface area contributed by atoms with E-state index in [1.807, 2.05) is 6.92 Å². The molecule has 0 aliphatic heterocycles. The van der Waals surface area contributed by atoms with Crippen molar-refractivity contribution in [3.63, 3.8) is 0 Å². The Balaban J connectivity index is 2.32. The van der Waals surface area contributed by atoms with Crippen molar-refractivity contribution in [2.75, 3.05) is 6.54 Å². The van der Waals surface area contributed by atoms with Crippen molar-refractivity contribution in [1.82, 2.24) is 5.32 Å². The summed E-state index contributed by atoms with van der Waals surface area (Å²) in [5, 5.41) is 14.2. The van der Waals surface area contributed by atoms with Crippen LogP contribution in [0.25, 0.3) is 0 Å². The van der Waals surface area contributed by atoms with Crippen LogP contribution in [0.2, 0.25) is 0 Å². The van der Waals surface area contributed by atoms with Crippen molar-refractivity contribution in [2.45, 2.75) is 32.4 Å². The first-order valence-electron chi connectivity index (χ1n) is 8.31. The third-order valence-electron chi connectivity index (χ3n) is 3.92. The van der Waals surface area contributed by atoms with Gasteiger partial charge in [0.25, 0.3) is 0 Å². The molecular formula is C18H16F6N2O3. The maximum atomic E-state index is 13.2. The lowest BCUT2D eigenvalue weighted by Gasteiger charge is -2.16. The summed E-state index contributed by atoms with van der Waals surface area (Å²) in [4.78, 5) is 10.5. The van der Waals surface area contributed by atoms with Crippen LogP contribution in [0.5, 0.6) is 5.75 Å². The van der Waals surface area contributed by atoms with Crippen LogP contribution in [-0.2, 0) is 25.5 Å². The highest BCUT2D eigenvalue weighted by molar-refractivity contribution is 5.49. The van der Waals surface area contributed by atoms with Gasteiger partial charge in [-0.1, -0.05) is 19.1 Å². The first-order chi connectivity index (χ1) is 13.4. The standard InChI is InChI=1S/C18H16F6N2O3/c1-2-25-9-11-3-6-16(15(7-11)26(27)28)29-10-12-4-5-13(17(19,20)21)8-14(12)18(22,23)24/h3-8,25H,2,9-10H2,1H3. The molecule has 0 heterocycles. The van der Waals surface area contributed by atoms with Gasteiger partial charge in [0.05, 0.1) is 16.1 Å². The Bertz CT molecular complexity index is 881. The molecule has 0 aliphatic rings. The predicted molar refractivity (Wildman–Crippen MR) is 91.3 cm³/mol. The Kier molecular flexibility index (Phi) is 6.73. The van der Waals surface area contributed by atoms with E-state index >= 15 is 0 Å². The number of nitro benzene ring substituents is 1. The van der Waals surface area contributed by atoms with E-state index in [0.717, 1.165) is 0 Å². The zero-order chi connectivity index (χ0) is 21.8. The van der Waals surface area contributed by atoms with Crippen LogP contribution in [0.15, 0.2) is 36.4 Å². The molecule has 0 bridgehead atoms. The quantitative estimate of drug-likeness (QED) is 0.373. The molecule has 158 valence electrons. The van der Waals surface area contributed by atoms with Gasteiger partial charge in [-0.05, 0) is 30.3 Å². The van der Waals surface area contributed by atoms with E-state index < -0.39 is 46.3 Å². The average Bonchev–Trinajstić information content (AvgIpc) is 2.63. The zero-order valence-corrected chi connectivity index (χ0v) is 15.0. The van der Waals surface area contributed by atoms with E-state index in [4.69, 9.17) is 4.74 Å². The summed E-state index contributed by atoms with van der Waals surface area (Å²) in [5.74, 6) is -0.289. The summed E-state index contributed by atoms with van der Waals surface area (Å²) < 4.78 is 82.9. The number of hydrogen-bond acceptors (Lipinski definition) is 4. The lowest BCUT2D eigenvalue weighted by atomic mass is 10.0. The summed E-state index contributed by atoms with van der Waals surface area (Å²) in [5.41, 5.74) is -3.43. The van der Waals surface area contributed by atoms with Gasteiger partial charge in [0, 0.05) is 18.2 Å². The Hall–Kier alpha value is -2.82. The van der Waals surface area contributed by atoms with Gasteiger partial charge in [-0.25, -0.2) is 0 Å². The molecule has 0 spiro atoms. The number of nitro groups is 1. The highest BCUT2D eigenvalue weighted by Gasteiger charge is 2.38. The first-order valence-corrected chi connectivity index (χ1v) is 8.31. The number of nitrogens with zero attached hydrogens (tertiary/aromatic N) is 1. The van der Waals surface area contributed by atoms with E-state index in [2.05, 4.69) is 5.32 Å². The van der Waals surface area contributed by atoms with E-state index in [1.54, 1.807) is 0 Å². The molecule has 5 nitrogen and oxygen atoms in total. The molecule has 0 aliphatic carbocycles. The second-order valence-corrected chi connectivity index (χ2v) is 6.00. The van der Waals surface area contributed by atoms with Crippen molar-refractivity contribution in [2.24, 2.45) is 0 Å². The van der Waals surface area contributed by atoms with Crippen LogP contribution in [-0.4, -0.2) is 11.5 Å². The van der Waals surface area contributed by atoms with Crippen LogP contribution in [0.4, 0.5) is 32.0 Å². The fourth-order valence-corrected chi connectivity index (χ4v) is 2.51. The number of hydrogen-bond donors (Lipinski definition) is 1. The summed E-state index contributed by atoms with van der Waals surface area (Å²) >= 11 is 0. The minimum Gasteiger partial charge on any atom is -0.482 e. The second kappa shape index (κ2) is 8.68. The van der Waals surface area contributed by atoms with Gasteiger partial charge < -0.3 is 10.1 Å². The molecule has 1 N–H and O–H groups in total. The van der Waals surface area contributed by atoms with Crippen molar-refractivity contribution < 1.29 is 36.0 Å². The van der Waals surface area contributed by atoms with Gasteiger partial charge in [0.1, 0.15) is 6.61 Å². The fraction of sp³-hybridized carbons (Fsp3) is 0.333. The van der Waals surface area contributed by atoms with E-state index in [0.29, 0.717) is 30.8 Å². The predicted octanol–water partition coefficient (Wildman–Crippen LogP) is 5.32. The Labute approximate surface area is 161 Å². The lowest BCUT2D eigenvalue weighted by Crippen LogP contribution is -2.15. The molecule has 2 aromatic carbocycles. The van der Waals surface area contributed by atoms with Gasteiger partial charge in [-0.3, -0.25) is 10.1 Å². The Morgan fingerprint density at radius 3 is 2.28 bits per heavy atom. The van der Waals surface area contributed by atoms with Crippen molar-refractivity contribution in [1.29, 1.82) is 0 Å². The second-order valence-electron chi connectivity index (χ2n) is 6.00. The monoisotopic (exact) mass is 422 g/mol. The molecule has 2 aromatic rings. The van der Waals surface area contributed by atoms with E-state index in [-0.39, 0.29) is 11.8 Å². The first kappa shape index (κ1) is 22.5. The third kappa shape index (κ3) is 5.83. The number of ether oxygens (including phenoxy) is 1. The highest BCUT2D eigenvalue weighted by Crippen LogP contribution is 2.38. The number of halogens is 6. The Morgan fingerprint density at radius 1 is 1.03 bits per heavy atom. The molecule has 0 saturated heterocycles. The van der Waals surface area contributed by atoms with Gasteiger partial charge >= 0.3 is 18.0 Å². The van der Waals surface area contributed by atoms with Crippen LogP contribution in [0.1, 0.15) is 29.2 Å². The van der Waals surface area contributed by atoms with Crippen molar-refractivity contribution in [3.8, 4) is 5.75 Å². The molecular weight excluding hydrogens is 406 g/mol. The summed E-state index contributed by atoms with van der Waals surface area (Å²) in [6.07, 6.45) is -10.00. The molecule has 0 radical (unpaired) electrons. The van der Waals surface area contributed by atoms with Gasteiger partial charge in [-0.15, -0.1) is 0 Å². The summed E-state index contributed by atoms with van der Waals surface area (Å²) in [7, 11) is 0. The van der Waals surface area contributed by atoms with Crippen molar-refractivity contribution >= 4 is 5.69 Å². The highest BCUT2D eigenvalue weighted by atomic mass is 19.4. The number of alkyl halides is 6. The Morgan fingerprint density at radius 2 is 1.72 bits per heavy atom. The zero-order valence-electron chi connectivity index (χ0n) is 15.0. The van der Waals surface area contributed by atoms with Gasteiger partial charge in [-0.2, -0.15) is 26.3 Å². The third-order valence-corrected chi connectivity index (χ3v) is 3.92. The summed E-state index contributed by atoms with van der Waals surface area (Å²) in [6.45, 7) is 2.02. The fourth-order valence-electron chi connectivity index (χ4n) is 2.51. The number of benzene rings is 2. The van der Waals surface area contributed by atoms with Crippen LogP contribution >= 0.6 is 0 Å². The minimum absolute atomic E-state index is 0.00732. The molecule has 29 heavy (non-hydrogen) atoms. The topological polar surface area (TPSA) is 64.4 Å². The molecule has 2 rings (SSSR count). The lowest BCUT2D eigenvalue weighted by molar-refractivity contribution is -0.386. The molecule has 0 amide bonds. The van der Waals surface area contributed by atoms with E-state index in [9.17, 15) is 36.5 Å². The van der Waals surface area contributed by atoms with Gasteiger partial charge in [0.2, 0.25) is 0 Å². The largest absolute Gasteiger partial charge is 0.482 e. The number of rotatable bonds is 7. The van der Waals surface area contributed by atoms with Crippen LogP contribution in [0, 0.1) is 10.1 Å². The molecule has 0 aromatic heterocycles. The molecule has 0 unspecified atom stereocenters. The maximum absolute atomic E-state index is 13.2. The summed E-state index contributed by atoms with van der Waals surface area (Å²) in [6, 6.07) is 5.10. The van der Waals surface area contributed by atoms with Gasteiger partial charge in [0.15, 0.2) is 5.75 Å². The molecule has 11 heteroatoms. The number of nitrogens with one attached hydrogen (secondary N) is 1. The van der Waals surface area contributed by atoms with Crippen LogP contribution < -0.4 is 10.1 Å². The molecule has 0 fully saturated rings. The van der Waals surface area contributed by atoms with Crippen molar-refractivity contribution in [3.05, 3.63) is 68.8 Å². The normalized spacial score (nSPS) is 12.1. The minimum atomic E-state index is -5.05. The average molecular weight is 422 g/mol. The maximum Gasteiger partial charge on any atom is 0.416 e. The molecule has 0 atom stereocenters. The SMILES string of the molecule is CCNCc1ccc(OCc2ccc(C(F)(F)F)cc2C(F)(F)F)c([N+](=O)[O-])c1. The molecule has 0 saturated carbocycles.